The average Bonchev–Trinajstić information content (AvgIpc) is 2.13. The number of hydrogen-bond acceptors (Lipinski definition) is 3. The number of hydrogen-bond donors (Lipinski definition) is 1. The summed E-state index contributed by atoms with van der Waals surface area (Å²) in [5.41, 5.74) is -1.67. The lowest BCUT2D eigenvalue weighted by molar-refractivity contribution is -0.140. The normalized spacial score (nSPS) is 12.3. The van der Waals surface area contributed by atoms with Gasteiger partial charge in [-0.1, -0.05) is 0 Å². The first-order valence-electron chi connectivity index (χ1n) is 4.44. The smallest absolute Gasteiger partial charge is 0.274 e. The van der Waals surface area contributed by atoms with Gasteiger partial charge in [0.15, 0.2) is 0 Å². The number of carbonyl (C=O) groups is 1. The zero-order valence-corrected chi connectivity index (χ0v) is 9.69. The van der Waals surface area contributed by atoms with Gasteiger partial charge < -0.3 is 0 Å². The van der Waals surface area contributed by atoms with Crippen LogP contribution in [0.4, 0.5) is 17.6 Å². The molecule has 0 atom stereocenters. The summed E-state index contributed by atoms with van der Waals surface area (Å²) < 4.78 is 74.7. The number of carbonyl (C=O) groups excluding carboxylic acids is 1. The molecule has 0 saturated heterocycles. The Morgan fingerprint density at radius 3 is 2.28 bits per heavy atom. The van der Waals surface area contributed by atoms with Gasteiger partial charge in [0.05, 0.1) is 10.5 Å². The maximum atomic E-state index is 12.7. The van der Waals surface area contributed by atoms with Crippen LogP contribution in [0.2, 0.25) is 0 Å². The fourth-order valence-corrected chi connectivity index (χ4v) is 2.40. The van der Waals surface area contributed by atoms with Crippen molar-refractivity contribution in [1.29, 1.82) is 0 Å². The fourth-order valence-electron chi connectivity index (χ4n) is 1.20. The first kappa shape index (κ1) is 14.4. The Morgan fingerprint density at radius 2 is 1.83 bits per heavy atom. The van der Waals surface area contributed by atoms with E-state index in [0.29, 0.717) is 12.1 Å². The van der Waals surface area contributed by atoms with Crippen molar-refractivity contribution < 1.29 is 30.8 Å². The van der Waals surface area contributed by atoms with Gasteiger partial charge in [0, 0.05) is 6.92 Å². The van der Waals surface area contributed by atoms with Gasteiger partial charge in [0.25, 0.3) is 10.0 Å². The topological polar surface area (TPSA) is 63.2 Å². The molecule has 1 amide bonds. The lowest BCUT2D eigenvalue weighted by Gasteiger charge is -2.13. The van der Waals surface area contributed by atoms with Crippen molar-refractivity contribution in [3.8, 4) is 0 Å². The molecule has 0 aliphatic rings. The van der Waals surface area contributed by atoms with Crippen LogP contribution < -0.4 is 4.72 Å². The van der Waals surface area contributed by atoms with Gasteiger partial charge in [-0.2, -0.15) is 13.2 Å². The molecular formula is C9H7F4NO3S. The van der Waals surface area contributed by atoms with Gasteiger partial charge in [-0.05, 0) is 18.2 Å². The van der Waals surface area contributed by atoms with Crippen LogP contribution in [-0.4, -0.2) is 14.3 Å². The minimum Gasteiger partial charge on any atom is -0.274 e. The average molecular weight is 285 g/mol. The molecule has 1 N–H and O–H groups in total. The molecule has 0 saturated carbocycles. The minimum atomic E-state index is -5.05. The predicted octanol–water partition coefficient (Wildman–Crippen LogP) is 1.67. The van der Waals surface area contributed by atoms with E-state index in [1.165, 1.54) is 4.72 Å². The van der Waals surface area contributed by atoms with Gasteiger partial charge in [0.2, 0.25) is 5.91 Å². The van der Waals surface area contributed by atoms with Crippen LogP contribution in [0.5, 0.6) is 0 Å². The van der Waals surface area contributed by atoms with E-state index in [-0.39, 0.29) is 6.07 Å². The quantitative estimate of drug-likeness (QED) is 0.841. The lowest BCUT2D eigenvalue weighted by atomic mass is 10.2. The highest BCUT2D eigenvalue weighted by molar-refractivity contribution is 7.90. The van der Waals surface area contributed by atoms with Crippen molar-refractivity contribution in [1.82, 2.24) is 4.72 Å². The molecule has 0 heterocycles. The van der Waals surface area contributed by atoms with Crippen molar-refractivity contribution >= 4 is 15.9 Å². The summed E-state index contributed by atoms with van der Waals surface area (Å²) in [6, 6.07) is 1.06. The Kier molecular flexibility index (Phi) is 3.65. The summed E-state index contributed by atoms with van der Waals surface area (Å²) >= 11 is 0. The fraction of sp³-hybridized carbons (Fsp3) is 0.222. The van der Waals surface area contributed by atoms with E-state index in [9.17, 15) is 30.8 Å². The highest BCUT2D eigenvalue weighted by Gasteiger charge is 2.37. The molecule has 1 rings (SSSR count). The van der Waals surface area contributed by atoms with Crippen LogP contribution in [0.3, 0.4) is 0 Å². The third kappa shape index (κ3) is 3.19. The first-order valence-corrected chi connectivity index (χ1v) is 5.92. The molecule has 0 bridgehead atoms. The Labute approximate surface area is 99.7 Å². The molecular weight excluding hydrogens is 278 g/mol. The van der Waals surface area contributed by atoms with Gasteiger partial charge >= 0.3 is 6.18 Å². The van der Waals surface area contributed by atoms with Crippen LogP contribution in [0.1, 0.15) is 12.5 Å². The molecule has 0 radical (unpaired) electrons. The number of rotatable bonds is 2. The number of alkyl halides is 3. The molecule has 18 heavy (non-hydrogen) atoms. The molecule has 1 aromatic carbocycles. The number of amides is 1. The molecule has 0 spiro atoms. The molecule has 0 aliphatic carbocycles. The molecule has 9 heteroatoms. The number of sulfonamides is 1. The summed E-state index contributed by atoms with van der Waals surface area (Å²) in [6.45, 7) is 0.828. The minimum absolute atomic E-state index is 0.0503. The van der Waals surface area contributed by atoms with Crippen molar-refractivity contribution in [3.05, 3.63) is 29.6 Å². The van der Waals surface area contributed by atoms with Crippen LogP contribution in [-0.2, 0) is 21.0 Å². The standard InChI is InChI=1S/C9H7F4NO3S/c1-5(15)14-18(16,17)8-3-2-6(10)4-7(8)9(11,12)13/h2-4H,1H3,(H,14,15). The van der Waals surface area contributed by atoms with Crippen LogP contribution >= 0.6 is 0 Å². The number of benzene rings is 1. The van der Waals surface area contributed by atoms with Crippen molar-refractivity contribution in [2.75, 3.05) is 0 Å². The van der Waals surface area contributed by atoms with Crippen molar-refractivity contribution in [2.45, 2.75) is 18.0 Å². The molecule has 100 valence electrons. The summed E-state index contributed by atoms with van der Waals surface area (Å²) in [5.74, 6) is -2.28. The summed E-state index contributed by atoms with van der Waals surface area (Å²) in [7, 11) is -4.68. The number of nitrogens with one attached hydrogen (secondary N) is 1. The van der Waals surface area contributed by atoms with Crippen LogP contribution in [0.15, 0.2) is 23.1 Å². The van der Waals surface area contributed by atoms with Crippen LogP contribution in [0, 0.1) is 5.82 Å². The molecule has 0 aliphatic heterocycles. The first-order chi connectivity index (χ1) is 8.04. The maximum absolute atomic E-state index is 12.7. The van der Waals surface area contributed by atoms with Crippen molar-refractivity contribution in [3.63, 3.8) is 0 Å². The third-order valence-corrected chi connectivity index (χ3v) is 3.31. The van der Waals surface area contributed by atoms with Gasteiger partial charge in [-0.15, -0.1) is 0 Å². The maximum Gasteiger partial charge on any atom is 0.417 e. The Bertz CT molecular complexity index is 580. The molecule has 1 aromatic rings. The Hall–Kier alpha value is -1.64. The second-order valence-electron chi connectivity index (χ2n) is 3.30. The summed E-state index contributed by atoms with van der Waals surface area (Å²) in [4.78, 5) is 9.41. The highest BCUT2D eigenvalue weighted by atomic mass is 32.2. The lowest BCUT2D eigenvalue weighted by Crippen LogP contribution is -2.30. The van der Waals surface area contributed by atoms with Gasteiger partial charge in [-0.25, -0.2) is 17.5 Å². The zero-order chi connectivity index (χ0) is 14.1. The van der Waals surface area contributed by atoms with Gasteiger partial charge in [-0.3, -0.25) is 4.79 Å². The zero-order valence-electron chi connectivity index (χ0n) is 8.88. The third-order valence-electron chi connectivity index (χ3n) is 1.81. The van der Waals surface area contributed by atoms with E-state index >= 15 is 0 Å². The van der Waals surface area contributed by atoms with E-state index in [1.807, 2.05) is 0 Å². The van der Waals surface area contributed by atoms with E-state index in [4.69, 9.17) is 0 Å². The van der Waals surface area contributed by atoms with Crippen molar-refractivity contribution in [2.24, 2.45) is 0 Å². The molecule has 0 fully saturated rings. The summed E-state index contributed by atoms with van der Waals surface area (Å²) in [5, 5.41) is 0. The molecule has 4 nitrogen and oxygen atoms in total. The highest BCUT2D eigenvalue weighted by Crippen LogP contribution is 2.34. The second kappa shape index (κ2) is 4.56. The SMILES string of the molecule is CC(=O)NS(=O)(=O)c1ccc(F)cc1C(F)(F)F. The number of halogens is 4. The Balaban J connectivity index is 3.47. The molecule has 0 aromatic heterocycles. The Morgan fingerprint density at radius 1 is 1.28 bits per heavy atom. The van der Waals surface area contributed by atoms with Gasteiger partial charge in [0.1, 0.15) is 5.82 Å². The monoisotopic (exact) mass is 285 g/mol. The predicted molar refractivity (Wildman–Crippen MR) is 52.4 cm³/mol. The van der Waals surface area contributed by atoms with E-state index in [2.05, 4.69) is 0 Å². The largest absolute Gasteiger partial charge is 0.417 e. The van der Waals surface area contributed by atoms with E-state index in [0.717, 1.165) is 6.92 Å². The van der Waals surface area contributed by atoms with Crippen LogP contribution in [0.25, 0.3) is 0 Å². The summed E-state index contributed by atoms with van der Waals surface area (Å²) in [6.07, 6.45) is -5.05. The van der Waals surface area contributed by atoms with E-state index < -0.39 is 38.4 Å². The molecule has 0 unspecified atom stereocenters. The van der Waals surface area contributed by atoms with E-state index in [1.54, 1.807) is 0 Å². The second-order valence-corrected chi connectivity index (χ2v) is 4.95.